The maximum absolute atomic E-state index is 6.05. The van der Waals surface area contributed by atoms with E-state index in [1.165, 1.54) is 0 Å². The van der Waals surface area contributed by atoms with Gasteiger partial charge in [0, 0.05) is 16.3 Å². The van der Waals surface area contributed by atoms with E-state index in [2.05, 4.69) is 15.9 Å². The van der Waals surface area contributed by atoms with Crippen molar-refractivity contribution in [1.29, 1.82) is 0 Å². The Morgan fingerprint density at radius 1 is 1.12 bits per heavy atom. The van der Waals surface area contributed by atoms with Crippen molar-refractivity contribution < 1.29 is 4.74 Å². The number of hydrogen-bond donors (Lipinski definition) is 1. The predicted molar refractivity (Wildman–Crippen MR) is 74.3 cm³/mol. The fraction of sp³-hybridized carbons (Fsp3) is 0.0769. The number of rotatable bonds is 3. The average molecular weight is 313 g/mol. The zero-order valence-electron chi connectivity index (χ0n) is 8.99. The quantitative estimate of drug-likeness (QED) is 0.859. The minimum Gasteiger partial charge on any atom is -0.488 e. The molecule has 4 heteroatoms. The molecule has 0 bridgehead atoms. The van der Waals surface area contributed by atoms with E-state index in [4.69, 9.17) is 22.1 Å². The zero-order chi connectivity index (χ0) is 12.3. The summed E-state index contributed by atoms with van der Waals surface area (Å²) in [6, 6.07) is 13.1. The lowest BCUT2D eigenvalue weighted by Gasteiger charge is -2.10. The van der Waals surface area contributed by atoms with Gasteiger partial charge in [0.2, 0.25) is 0 Å². The van der Waals surface area contributed by atoms with Crippen LogP contribution in [0.3, 0.4) is 0 Å². The molecular weight excluding hydrogens is 302 g/mol. The van der Waals surface area contributed by atoms with Crippen LogP contribution in [0.1, 0.15) is 5.56 Å². The van der Waals surface area contributed by atoms with Crippen LogP contribution in [0.25, 0.3) is 0 Å². The second-order valence-electron chi connectivity index (χ2n) is 3.54. The summed E-state index contributed by atoms with van der Waals surface area (Å²) in [4.78, 5) is 0. The number of halogens is 2. The summed E-state index contributed by atoms with van der Waals surface area (Å²) in [6.45, 7) is 0.418. The van der Waals surface area contributed by atoms with Crippen LogP contribution in [0.15, 0.2) is 46.9 Å². The van der Waals surface area contributed by atoms with Gasteiger partial charge in [-0.15, -0.1) is 0 Å². The Labute approximate surface area is 113 Å². The molecule has 0 saturated carbocycles. The summed E-state index contributed by atoms with van der Waals surface area (Å²) >= 11 is 9.43. The van der Waals surface area contributed by atoms with Crippen molar-refractivity contribution in [3.05, 3.63) is 57.5 Å². The van der Waals surface area contributed by atoms with E-state index in [0.29, 0.717) is 23.1 Å². The van der Waals surface area contributed by atoms with Crippen LogP contribution in [0.4, 0.5) is 5.69 Å². The van der Waals surface area contributed by atoms with Gasteiger partial charge in [0.05, 0.1) is 4.47 Å². The van der Waals surface area contributed by atoms with E-state index in [1.807, 2.05) is 42.5 Å². The number of anilines is 1. The van der Waals surface area contributed by atoms with Gasteiger partial charge in [-0.3, -0.25) is 0 Å². The number of nitrogens with two attached hydrogens (primary N) is 1. The Morgan fingerprint density at radius 2 is 1.88 bits per heavy atom. The van der Waals surface area contributed by atoms with Gasteiger partial charge in [-0.05, 0) is 34.1 Å². The first kappa shape index (κ1) is 12.3. The van der Waals surface area contributed by atoms with Crippen LogP contribution in [-0.2, 0) is 6.61 Å². The Kier molecular flexibility index (Phi) is 3.92. The molecule has 0 saturated heterocycles. The molecule has 0 atom stereocenters. The van der Waals surface area contributed by atoms with Crippen LogP contribution in [-0.4, -0.2) is 0 Å². The third kappa shape index (κ3) is 2.93. The normalized spacial score (nSPS) is 10.2. The lowest BCUT2D eigenvalue weighted by Crippen LogP contribution is -1.98. The van der Waals surface area contributed by atoms with E-state index in [-0.39, 0.29) is 0 Å². The van der Waals surface area contributed by atoms with Crippen LogP contribution >= 0.6 is 27.5 Å². The molecule has 2 nitrogen and oxygen atoms in total. The van der Waals surface area contributed by atoms with Gasteiger partial charge in [0.25, 0.3) is 0 Å². The molecule has 2 aromatic carbocycles. The first-order valence-electron chi connectivity index (χ1n) is 5.08. The maximum atomic E-state index is 6.05. The summed E-state index contributed by atoms with van der Waals surface area (Å²) < 4.78 is 6.44. The van der Waals surface area contributed by atoms with Crippen LogP contribution in [0, 0.1) is 0 Å². The molecule has 88 valence electrons. The summed E-state index contributed by atoms with van der Waals surface area (Å²) in [5, 5.41) is 0.701. The van der Waals surface area contributed by atoms with E-state index in [1.54, 1.807) is 0 Å². The lowest BCUT2D eigenvalue weighted by molar-refractivity contribution is 0.304. The maximum Gasteiger partial charge on any atom is 0.136 e. The van der Waals surface area contributed by atoms with Gasteiger partial charge < -0.3 is 10.5 Å². The summed E-state index contributed by atoms with van der Waals surface area (Å²) in [7, 11) is 0. The van der Waals surface area contributed by atoms with Crippen LogP contribution in [0.2, 0.25) is 5.02 Å². The smallest absolute Gasteiger partial charge is 0.136 e. The minimum atomic E-state index is 0.418. The molecule has 0 aliphatic rings. The number of ether oxygens (including phenoxy) is 1. The van der Waals surface area contributed by atoms with Gasteiger partial charge in [-0.25, -0.2) is 0 Å². The molecule has 17 heavy (non-hydrogen) atoms. The lowest BCUT2D eigenvalue weighted by atomic mass is 10.2. The molecule has 0 fully saturated rings. The van der Waals surface area contributed by atoms with E-state index >= 15 is 0 Å². The van der Waals surface area contributed by atoms with E-state index < -0.39 is 0 Å². The van der Waals surface area contributed by atoms with Gasteiger partial charge in [0.15, 0.2) is 0 Å². The monoisotopic (exact) mass is 311 g/mol. The predicted octanol–water partition coefficient (Wildman–Crippen LogP) is 4.26. The Hall–Kier alpha value is -1.19. The Balaban J connectivity index is 2.13. The molecular formula is C13H11BrClNO. The van der Waals surface area contributed by atoms with Crippen molar-refractivity contribution >= 4 is 33.2 Å². The van der Waals surface area contributed by atoms with Crippen LogP contribution < -0.4 is 10.5 Å². The third-order valence-corrected chi connectivity index (χ3v) is 3.55. The van der Waals surface area contributed by atoms with Gasteiger partial charge >= 0.3 is 0 Å². The van der Waals surface area contributed by atoms with Crippen molar-refractivity contribution in [3.8, 4) is 5.75 Å². The van der Waals surface area contributed by atoms with E-state index in [0.717, 1.165) is 10.0 Å². The van der Waals surface area contributed by atoms with Crippen molar-refractivity contribution in [2.24, 2.45) is 0 Å². The molecule has 0 spiro atoms. The standard InChI is InChI=1S/C13H11BrClNO/c14-13-11(16)6-3-7-12(13)17-8-9-4-1-2-5-10(9)15/h1-7H,8,16H2. The van der Waals surface area contributed by atoms with Crippen LogP contribution in [0.5, 0.6) is 5.75 Å². The van der Waals surface area contributed by atoms with Gasteiger partial charge in [0.1, 0.15) is 12.4 Å². The topological polar surface area (TPSA) is 35.2 Å². The summed E-state index contributed by atoms with van der Waals surface area (Å²) in [5.41, 5.74) is 7.37. The number of nitrogen functional groups attached to an aromatic ring is 1. The van der Waals surface area contributed by atoms with Gasteiger partial charge in [-0.1, -0.05) is 35.9 Å². The Bertz CT molecular complexity index is 531. The van der Waals surface area contributed by atoms with Gasteiger partial charge in [-0.2, -0.15) is 0 Å². The molecule has 0 unspecified atom stereocenters. The molecule has 0 aromatic heterocycles. The molecule has 2 aromatic rings. The molecule has 2 N–H and O–H groups in total. The summed E-state index contributed by atoms with van der Waals surface area (Å²) in [6.07, 6.45) is 0. The first-order valence-corrected chi connectivity index (χ1v) is 6.26. The fourth-order valence-corrected chi connectivity index (χ4v) is 1.98. The van der Waals surface area contributed by atoms with Crippen molar-refractivity contribution in [1.82, 2.24) is 0 Å². The number of benzene rings is 2. The SMILES string of the molecule is Nc1cccc(OCc2ccccc2Cl)c1Br. The van der Waals surface area contributed by atoms with Crippen molar-refractivity contribution in [3.63, 3.8) is 0 Å². The average Bonchev–Trinajstić information content (AvgIpc) is 2.33. The summed E-state index contributed by atoms with van der Waals surface area (Å²) in [5.74, 6) is 0.713. The largest absolute Gasteiger partial charge is 0.488 e. The van der Waals surface area contributed by atoms with Crippen molar-refractivity contribution in [2.45, 2.75) is 6.61 Å². The zero-order valence-corrected chi connectivity index (χ0v) is 11.3. The fourth-order valence-electron chi connectivity index (χ4n) is 1.41. The molecule has 0 radical (unpaired) electrons. The highest BCUT2D eigenvalue weighted by atomic mass is 79.9. The molecule has 0 heterocycles. The molecule has 0 amide bonds. The second-order valence-corrected chi connectivity index (χ2v) is 4.74. The highest BCUT2D eigenvalue weighted by Crippen LogP contribution is 2.31. The first-order chi connectivity index (χ1) is 8.18. The van der Waals surface area contributed by atoms with Crippen molar-refractivity contribution in [2.75, 3.05) is 5.73 Å². The third-order valence-electron chi connectivity index (χ3n) is 2.33. The molecule has 0 aliphatic heterocycles. The highest BCUT2D eigenvalue weighted by Gasteiger charge is 2.05. The second kappa shape index (κ2) is 5.43. The highest BCUT2D eigenvalue weighted by molar-refractivity contribution is 9.10. The number of hydrogen-bond acceptors (Lipinski definition) is 2. The Morgan fingerprint density at radius 3 is 2.65 bits per heavy atom. The van der Waals surface area contributed by atoms with E-state index in [9.17, 15) is 0 Å². The molecule has 2 rings (SSSR count). The molecule has 0 aliphatic carbocycles. The minimum absolute atomic E-state index is 0.418.